The first-order chi connectivity index (χ1) is 11.9. The standard InChI is InChI=1S/C17H13Cl2F3N2O/c1-25-10-4-2-9(3-5-10)8-24-14-7-12(19)11(18)6-13(14)23-17(24)15(20)16(21)22/h2-7,15-16H,8H2,1H3. The number of alkyl halides is 3. The second kappa shape index (κ2) is 7.14. The molecular formula is C17H13Cl2F3N2O. The molecule has 0 fully saturated rings. The first-order valence-electron chi connectivity index (χ1n) is 7.31. The summed E-state index contributed by atoms with van der Waals surface area (Å²) in [5.74, 6) is 0.296. The lowest BCUT2D eigenvalue weighted by Gasteiger charge is -2.12. The van der Waals surface area contributed by atoms with Gasteiger partial charge in [-0.25, -0.2) is 18.2 Å². The van der Waals surface area contributed by atoms with Gasteiger partial charge in [0.25, 0.3) is 6.43 Å². The number of ether oxygens (including phenoxy) is 1. The molecule has 25 heavy (non-hydrogen) atoms. The van der Waals surface area contributed by atoms with E-state index < -0.39 is 12.6 Å². The molecule has 0 saturated heterocycles. The predicted molar refractivity (Wildman–Crippen MR) is 91.7 cm³/mol. The van der Waals surface area contributed by atoms with Crippen molar-refractivity contribution in [2.24, 2.45) is 0 Å². The maximum atomic E-state index is 14.1. The molecule has 1 atom stereocenters. The minimum atomic E-state index is -3.18. The van der Waals surface area contributed by atoms with Gasteiger partial charge in [-0.3, -0.25) is 0 Å². The summed E-state index contributed by atoms with van der Waals surface area (Å²) in [6.45, 7) is 0.154. The molecule has 1 heterocycles. The third-order valence-corrected chi connectivity index (χ3v) is 4.51. The Morgan fingerprint density at radius 3 is 2.32 bits per heavy atom. The van der Waals surface area contributed by atoms with Crippen molar-refractivity contribution in [1.29, 1.82) is 0 Å². The normalized spacial score (nSPS) is 12.8. The smallest absolute Gasteiger partial charge is 0.276 e. The van der Waals surface area contributed by atoms with E-state index in [0.29, 0.717) is 16.8 Å². The molecule has 0 saturated carbocycles. The molecule has 1 unspecified atom stereocenters. The Morgan fingerprint density at radius 1 is 1.08 bits per heavy atom. The highest BCUT2D eigenvalue weighted by atomic mass is 35.5. The van der Waals surface area contributed by atoms with Crippen LogP contribution in [-0.2, 0) is 6.54 Å². The molecule has 132 valence electrons. The zero-order chi connectivity index (χ0) is 18.1. The summed E-state index contributed by atoms with van der Waals surface area (Å²) in [6.07, 6.45) is -5.69. The molecule has 0 amide bonds. The number of hydrogen-bond donors (Lipinski definition) is 0. The van der Waals surface area contributed by atoms with Crippen LogP contribution in [-0.4, -0.2) is 23.1 Å². The quantitative estimate of drug-likeness (QED) is 0.562. The molecule has 0 aliphatic rings. The van der Waals surface area contributed by atoms with Crippen molar-refractivity contribution in [2.75, 3.05) is 7.11 Å². The van der Waals surface area contributed by atoms with E-state index in [1.807, 2.05) is 0 Å². The van der Waals surface area contributed by atoms with E-state index in [9.17, 15) is 13.2 Å². The van der Waals surface area contributed by atoms with E-state index >= 15 is 0 Å². The van der Waals surface area contributed by atoms with E-state index in [1.54, 1.807) is 31.4 Å². The van der Waals surface area contributed by atoms with Gasteiger partial charge in [0.2, 0.25) is 6.17 Å². The summed E-state index contributed by atoms with van der Waals surface area (Å²) >= 11 is 12.0. The van der Waals surface area contributed by atoms with Crippen LogP contribution in [0.4, 0.5) is 13.2 Å². The van der Waals surface area contributed by atoms with Crippen LogP contribution in [0.2, 0.25) is 10.0 Å². The van der Waals surface area contributed by atoms with Crippen molar-refractivity contribution in [3.8, 4) is 5.75 Å². The van der Waals surface area contributed by atoms with E-state index in [1.165, 1.54) is 16.7 Å². The topological polar surface area (TPSA) is 27.1 Å². The zero-order valence-electron chi connectivity index (χ0n) is 13.0. The molecule has 3 aromatic rings. The number of nitrogens with zero attached hydrogens (tertiary/aromatic N) is 2. The second-order valence-corrected chi connectivity index (χ2v) is 6.21. The molecule has 8 heteroatoms. The Hall–Kier alpha value is -1.92. The van der Waals surface area contributed by atoms with Gasteiger partial charge in [0.05, 0.1) is 28.2 Å². The van der Waals surface area contributed by atoms with Crippen LogP contribution in [0, 0.1) is 0 Å². The Labute approximate surface area is 151 Å². The molecule has 0 aliphatic carbocycles. The Kier molecular flexibility index (Phi) is 5.11. The van der Waals surface area contributed by atoms with Gasteiger partial charge >= 0.3 is 0 Å². The van der Waals surface area contributed by atoms with Gasteiger partial charge in [-0.1, -0.05) is 35.3 Å². The lowest BCUT2D eigenvalue weighted by atomic mass is 10.2. The van der Waals surface area contributed by atoms with Crippen molar-refractivity contribution in [3.63, 3.8) is 0 Å². The van der Waals surface area contributed by atoms with Gasteiger partial charge < -0.3 is 9.30 Å². The van der Waals surface area contributed by atoms with Crippen molar-refractivity contribution >= 4 is 34.2 Å². The number of aromatic nitrogens is 2. The largest absolute Gasteiger partial charge is 0.497 e. The fourth-order valence-corrected chi connectivity index (χ4v) is 2.86. The molecule has 0 radical (unpaired) electrons. The zero-order valence-corrected chi connectivity index (χ0v) is 14.5. The van der Waals surface area contributed by atoms with Gasteiger partial charge in [-0.15, -0.1) is 0 Å². The van der Waals surface area contributed by atoms with E-state index in [-0.39, 0.29) is 22.4 Å². The molecule has 1 aromatic heterocycles. The van der Waals surface area contributed by atoms with Gasteiger partial charge in [0, 0.05) is 6.54 Å². The van der Waals surface area contributed by atoms with Crippen molar-refractivity contribution in [1.82, 2.24) is 9.55 Å². The maximum absolute atomic E-state index is 14.1. The van der Waals surface area contributed by atoms with Crippen LogP contribution < -0.4 is 4.74 Å². The van der Waals surface area contributed by atoms with Crippen LogP contribution >= 0.6 is 23.2 Å². The van der Waals surface area contributed by atoms with Gasteiger partial charge in [-0.05, 0) is 29.8 Å². The lowest BCUT2D eigenvalue weighted by Crippen LogP contribution is -2.12. The van der Waals surface area contributed by atoms with E-state index in [2.05, 4.69) is 4.98 Å². The number of methoxy groups -OCH3 is 1. The third kappa shape index (κ3) is 3.55. The van der Waals surface area contributed by atoms with Crippen molar-refractivity contribution in [2.45, 2.75) is 19.1 Å². The Bertz CT molecular complexity index is 897. The molecular weight excluding hydrogens is 376 g/mol. The maximum Gasteiger partial charge on any atom is 0.276 e. The van der Waals surface area contributed by atoms with Crippen LogP contribution in [0.5, 0.6) is 5.75 Å². The average molecular weight is 389 g/mol. The van der Waals surface area contributed by atoms with Crippen LogP contribution in [0.25, 0.3) is 11.0 Å². The van der Waals surface area contributed by atoms with Crippen LogP contribution in [0.1, 0.15) is 17.6 Å². The second-order valence-electron chi connectivity index (χ2n) is 5.40. The van der Waals surface area contributed by atoms with E-state index in [4.69, 9.17) is 27.9 Å². The number of halogens is 5. The van der Waals surface area contributed by atoms with Gasteiger partial charge in [0.15, 0.2) is 5.82 Å². The monoisotopic (exact) mass is 388 g/mol. The van der Waals surface area contributed by atoms with Crippen molar-refractivity contribution < 1.29 is 17.9 Å². The molecule has 0 spiro atoms. The first kappa shape index (κ1) is 17.9. The summed E-state index contributed by atoms with van der Waals surface area (Å²) in [6, 6.07) is 9.93. The number of rotatable bonds is 5. The number of hydrogen-bond acceptors (Lipinski definition) is 2. The van der Waals surface area contributed by atoms with E-state index in [0.717, 1.165) is 5.56 Å². The predicted octanol–water partition coefficient (Wildman–Crippen LogP) is 5.68. The van der Waals surface area contributed by atoms with Crippen LogP contribution in [0.15, 0.2) is 36.4 Å². The molecule has 3 rings (SSSR count). The van der Waals surface area contributed by atoms with Crippen LogP contribution in [0.3, 0.4) is 0 Å². The summed E-state index contributed by atoms with van der Waals surface area (Å²) in [5, 5.41) is 0.464. The Morgan fingerprint density at radius 2 is 1.72 bits per heavy atom. The number of fused-ring (bicyclic) bond motifs is 1. The van der Waals surface area contributed by atoms with Gasteiger partial charge in [-0.2, -0.15) is 0 Å². The fourth-order valence-electron chi connectivity index (χ4n) is 2.54. The summed E-state index contributed by atoms with van der Waals surface area (Å²) in [5.41, 5.74) is 1.51. The highest BCUT2D eigenvalue weighted by Gasteiger charge is 2.28. The molecule has 2 aromatic carbocycles. The fraction of sp³-hybridized carbons (Fsp3) is 0.235. The minimum Gasteiger partial charge on any atom is -0.497 e. The highest BCUT2D eigenvalue weighted by Crippen LogP contribution is 2.33. The summed E-state index contributed by atoms with van der Waals surface area (Å²) in [4.78, 5) is 4.01. The summed E-state index contributed by atoms with van der Waals surface area (Å²) in [7, 11) is 1.54. The Balaban J connectivity index is 2.11. The summed E-state index contributed by atoms with van der Waals surface area (Å²) < 4.78 is 46.4. The highest BCUT2D eigenvalue weighted by molar-refractivity contribution is 6.42. The average Bonchev–Trinajstić information content (AvgIpc) is 2.92. The molecule has 3 nitrogen and oxygen atoms in total. The minimum absolute atomic E-state index is 0.154. The van der Waals surface area contributed by atoms with Crippen molar-refractivity contribution in [3.05, 3.63) is 57.8 Å². The number of imidazole rings is 1. The van der Waals surface area contributed by atoms with Gasteiger partial charge in [0.1, 0.15) is 5.75 Å². The molecule has 0 N–H and O–H groups in total. The third-order valence-electron chi connectivity index (χ3n) is 3.79. The first-order valence-corrected chi connectivity index (χ1v) is 8.06. The molecule has 0 aliphatic heterocycles. The number of benzene rings is 2. The lowest BCUT2D eigenvalue weighted by molar-refractivity contribution is 0.0433. The SMILES string of the molecule is COc1ccc(Cn2c(C(F)C(F)F)nc3cc(Cl)c(Cl)cc32)cc1. The molecule has 0 bridgehead atoms.